The van der Waals surface area contributed by atoms with E-state index in [2.05, 4.69) is 11.1 Å². The van der Waals surface area contributed by atoms with Crippen LogP contribution in [-0.4, -0.2) is 34.0 Å². The molecule has 3 aliphatic rings. The summed E-state index contributed by atoms with van der Waals surface area (Å²) in [4.78, 5) is 18.7. The Labute approximate surface area is 135 Å². The molecule has 5 N–H and O–H groups in total. The third kappa shape index (κ3) is 2.24. The first-order valence-electron chi connectivity index (χ1n) is 8.14. The lowest BCUT2D eigenvalue weighted by Crippen LogP contribution is -2.47. The molecule has 6 heteroatoms. The van der Waals surface area contributed by atoms with Crippen LogP contribution < -0.4 is 11.5 Å². The Morgan fingerprint density at radius 3 is 2.74 bits per heavy atom. The summed E-state index contributed by atoms with van der Waals surface area (Å²) in [6.45, 7) is 2.59. The number of carbonyl (C=O) groups excluding carboxylic acids is 1. The lowest BCUT2D eigenvalue weighted by molar-refractivity contribution is 0.0708. The van der Waals surface area contributed by atoms with Gasteiger partial charge in [-0.1, -0.05) is 6.07 Å². The Morgan fingerprint density at radius 2 is 2.09 bits per heavy atom. The largest absolute Gasteiger partial charge is 0.386 e. The maximum absolute atomic E-state index is 12.9. The third-order valence-electron chi connectivity index (χ3n) is 5.37. The number of carbonyl (C=O) groups is 1. The summed E-state index contributed by atoms with van der Waals surface area (Å²) in [6.07, 6.45) is 2.38. The summed E-state index contributed by atoms with van der Waals surface area (Å²) < 4.78 is 0. The van der Waals surface area contributed by atoms with Gasteiger partial charge in [-0.25, -0.2) is 4.99 Å². The van der Waals surface area contributed by atoms with Gasteiger partial charge in [0.2, 0.25) is 0 Å². The molecule has 4 rings (SSSR count). The van der Waals surface area contributed by atoms with Crippen molar-refractivity contribution < 1.29 is 9.90 Å². The summed E-state index contributed by atoms with van der Waals surface area (Å²) in [6, 6.07) is 3.85. The summed E-state index contributed by atoms with van der Waals surface area (Å²) in [5, 5.41) is 9.57. The SMILES string of the molecule is Cc1cc(C2(N)CC2)cc2c1CN(C1CCC(O)N=C1N)C2=O. The summed E-state index contributed by atoms with van der Waals surface area (Å²) in [5.74, 6) is 0.342. The minimum atomic E-state index is -0.744. The number of nitrogens with zero attached hydrogens (tertiary/aromatic N) is 2. The van der Waals surface area contributed by atoms with Gasteiger partial charge < -0.3 is 21.5 Å². The number of nitrogens with two attached hydrogens (primary N) is 2. The number of aryl methyl sites for hydroxylation is 1. The zero-order chi connectivity index (χ0) is 16.4. The second-order valence-corrected chi connectivity index (χ2v) is 7.04. The molecular weight excluding hydrogens is 292 g/mol. The maximum atomic E-state index is 12.9. The van der Waals surface area contributed by atoms with Gasteiger partial charge in [0.1, 0.15) is 12.1 Å². The van der Waals surface area contributed by atoms with Crippen LogP contribution in [-0.2, 0) is 12.1 Å². The molecule has 23 heavy (non-hydrogen) atoms. The van der Waals surface area contributed by atoms with E-state index >= 15 is 0 Å². The summed E-state index contributed by atoms with van der Waals surface area (Å²) in [7, 11) is 0. The fourth-order valence-electron chi connectivity index (χ4n) is 3.67. The van der Waals surface area contributed by atoms with Crippen molar-refractivity contribution in [2.45, 2.75) is 57.0 Å². The molecule has 0 radical (unpaired) electrons. The molecule has 1 aromatic rings. The third-order valence-corrected chi connectivity index (χ3v) is 5.37. The van der Waals surface area contributed by atoms with Gasteiger partial charge in [-0.15, -0.1) is 0 Å². The molecule has 122 valence electrons. The molecular formula is C17H22N4O2. The van der Waals surface area contributed by atoms with Crippen LogP contribution >= 0.6 is 0 Å². The lowest BCUT2D eigenvalue weighted by atomic mass is 9.96. The number of benzene rings is 1. The van der Waals surface area contributed by atoms with Crippen molar-refractivity contribution in [1.29, 1.82) is 0 Å². The number of rotatable bonds is 2. The van der Waals surface area contributed by atoms with Crippen molar-refractivity contribution in [3.05, 3.63) is 34.4 Å². The highest BCUT2D eigenvalue weighted by atomic mass is 16.3. The first-order chi connectivity index (χ1) is 10.9. The molecule has 0 spiro atoms. The lowest BCUT2D eigenvalue weighted by Gasteiger charge is -2.31. The van der Waals surface area contributed by atoms with Gasteiger partial charge >= 0.3 is 0 Å². The van der Waals surface area contributed by atoms with Gasteiger partial charge in [-0.2, -0.15) is 0 Å². The number of aliphatic imine (C=N–C) groups is 1. The number of fused-ring (bicyclic) bond motifs is 1. The Bertz CT molecular complexity index is 724. The van der Waals surface area contributed by atoms with Gasteiger partial charge in [0.25, 0.3) is 5.91 Å². The topological polar surface area (TPSA) is 105 Å². The van der Waals surface area contributed by atoms with Crippen molar-refractivity contribution in [2.24, 2.45) is 16.5 Å². The number of aliphatic hydroxyl groups is 1. The van der Waals surface area contributed by atoms with Crippen LogP contribution in [0, 0.1) is 6.92 Å². The van der Waals surface area contributed by atoms with E-state index in [1.165, 1.54) is 0 Å². The van der Waals surface area contributed by atoms with E-state index in [1.54, 1.807) is 4.90 Å². The summed E-state index contributed by atoms with van der Waals surface area (Å²) in [5.41, 5.74) is 16.0. The molecule has 2 aliphatic heterocycles. The quantitative estimate of drug-likeness (QED) is 0.748. The Hall–Kier alpha value is -1.92. The Balaban J connectivity index is 1.68. The average molecular weight is 314 g/mol. The van der Waals surface area contributed by atoms with Crippen molar-refractivity contribution in [1.82, 2.24) is 4.90 Å². The molecule has 1 saturated carbocycles. The number of aliphatic hydroxyl groups excluding tert-OH is 1. The normalized spacial score (nSPS) is 28.6. The van der Waals surface area contributed by atoms with Crippen LogP contribution in [0.3, 0.4) is 0 Å². The van der Waals surface area contributed by atoms with E-state index in [1.807, 2.05) is 13.0 Å². The van der Waals surface area contributed by atoms with Gasteiger partial charge in [0, 0.05) is 17.6 Å². The van der Waals surface area contributed by atoms with E-state index in [0.717, 1.165) is 35.1 Å². The van der Waals surface area contributed by atoms with E-state index in [-0.39, 0.29) is 17.5 Å². The number of amidine groups is 1. The molecule has 1 fully saturated rings. The monoisotopic (exact) mass is 314 g/mol. The van der Waals surface area contributed by atoms with Gasteiger partial charge in [-0.3, -0.25) is 4.79 Å². The number of hydrogen-bond donors (Lipinski definition) is 3. The molecule has 0 saturated heterocycles. The minimum Gasteiger partial charge on any atom is -0.386 e. The highest BCUT2D eigenvalue weighted by molar-refractivity contribution is 6.02. The zero-order valence-electron chi connectivity index (χ0n) is 13.2. The highest BCUT2D eigenvalue weighted by Gasteiger charge is 2.43. The minimum absolute atomic E-state index is 0.00580. The van der Waals surface area contributed by atoms with Gasteiger partial charge in [-0.05, 0) is 55.4 Å². The molecule has 1 amide bonds. The number of hydrogen-bond acceptors (Lipinski definition) is 5. The van der Waals surface area contributed by atoms with Crippen LogP contribution in [0.25, 0.3) is 0 Å². The van der Waals surface area contributed by atoms with E-state index in [0.29, 0.717) is 25.2 Å². The fourth-order valence-corrected chi connectivity index (χ4v) is 3.67. The van der Waals surface area contributed by atoms with E-state index in [9.17, 15) is 9.90 Å². The van der Waals surface area contributed by atoms with Gasteiger partial charge in [0.15, 0.2) is 0 Å². The van der Waals surface area contributed by atoms with Crippen LogP contribution in [0.2, 0.25) is 0 Å². The predicted octanol–water partition coefficient (Wildman–Crippen LogP) is 0.737. The highest BCUT2D eigenvalue weighted by Crippen LogP contribution is 2.44. The maximum Gasteiger partial charge on any atom is 0.255 e. The molecule has 1 aliphatic carbocycles. The molecule has 1 aromatic carbocycles. The van der Waals surface area contributed by atoms with Crippen LogP contribution in [0.4, 0.5) is 0 Å². The first-order valence-corrected chi connectivity index (χ1v) is 8.14. The van der Waals surface area contributed by atoms with Gasteiger partial charge in [0.05, 0.1) is 6.04 Å². The summed E-state index contributed by atoms with van der Waals surface area (Å²) >= 11 is 0. The predicted molar refractivity (Wildman–Crippen MR) is 86.8 cm³/mol. The van der Waals surface area contributed by atoms with Crippen molar-refractivity contribution in [3.8, 4) is 0 Å². The molecule has 6 nitrogen and oxygen atoms in total. The Morgan fingerprint density at radius 1 is 1.35 bits per heavy atom. The molecule has 2 heterocycles. The second kappa shape index (κ2) is 4.79. The molecule has 0 aromatic heterocycles. The Kier molecular flexibility index (Phi) is 3.05. The van der Waals surface area contributed by atoms with E-state index in [4.69, 9.17) is 11.5 Å². The van der Waals surface area contributed by atoms with Crippen LogP contribution in [0.5, 0.6) is 0 Å². The number of amides is 1. The van der Waals surface area contributed by atoms with E-state index < -0.39 is 6.23 Å². The zero-order valence-corrected chi connectivity index (χ0v) is 13.2. The standard InChI is InChI=1S/C17H22N4O2/c1-9-6-10(17(19)4-5-17)7-11-12(9)8-21(16(11)23)13-2-3-14(22)20-15(13)18/h6-7,13-14,22H,2-5,8,19H2,1H3,(H2,18,20). The van der Waals surface area contributed by atoms with Crippen LogP contribution in [0.15, 0.2) is 17.1 Å². The van der Waals surface area contributed by atoms with Crippen molar-refractivity contribution >= 4 is 11.7 Å². The molecule has 2 atom stereocenters. The van der Waals surface area contributed by atoms with Crippen molar-refractivity contribution in [2.75, 3.05) is 0 Å². The molecule has 0 bridgehead atoms. The smallest absolute Gasteiger partial charge is 0.255 e. The first kappa shape index (κ1) is 14.7. The van der Waals surface area contributed by atoms with Crippen LogP contribution in [0.1, 0.15) is 52.7 Å². The second-order valence-electron chi connectivity index (χ2n) is 7.04. The average Bonchev–Trinajstić information content (AvgIpc) is 3.16. The van der Waals surface area contributed by atoms with Crippen molar-refractivity contribution in [3.63, 3.8) is 0 Å². The molecule has 2 unspecified atom stereocenters. The fraction of sp³-hybridized carbons (Fsp3) is 0.529.